The molecule has 1 aliphatic rings. The van der Waals surface area contributed by atoms with E-state index in [1.807, 2.05) is 12.1 Å². The number of benzene rings is 1. The van der Waals surface area contributed by atoms with Gasteiger partial charge in [0.1, 0.15) is 12.0 Å². The van der Waals surface area contributed by atoms with Gasteiger partial charge in [-0.1, -0.05) is 38.1 Å². The van der Waals surface area contributed by atoms with Crippen molar-refractivity contribution in [2.45, 2.75) is 32.4 Å². The van der Waals surface area contributed by atoms with Gasteiger partial charge in [-0.2, -0.15) is 0 Å². The Balaban J connectivity index is 0.00000200. The second kappa shape index (κ2) is 7.87. The summed E-state index contributed by atoms with van der Waals surface area (Å²) in [5.41, 5.74) is 2.55. The predicted octanol–water partition coefficient (Wildman–Crippen LogP) is 3.20. The Morgan fingerprint density at radius 3 is 2.60 bits per heavy atom. The molecule has 0 fully saturated rings. The molecule has 0 saturated carbocycles. The van der Waals surface area contributed by atoms with Gasteiger partial charge in [-0.25, -0.2) is 0 Å². The van der Waals surface area contributed by atoms with E-state index in [1.165, 1.54) is 11.1 Å². The highest BCUT2D eigenvalue weighted by Crippen LogP contribution is 2.37. The van der Waals surface area contributed by atoms with Crippen LogP contribution in [-0.4, -0.2) is 35.9 Å². The summed E-state index contributed by atoms with van der Waals surface area (Å²) < 4.78 is 5.53. The van der Waals surface area contributed by atoms with E-state index in [-0.39, 0.29) is 36.4 Å². The first-order chi connectivity index (χ1) is 9.21. The summed E-state index contributed by atoms with van der Waals surface area (Å²) in [6.45, 7) is 6.13. The highest BCUT2D eigenvalue weighted by atomic mass is 35.5. The third-order valence-electron chi connectivity index (χ3n) is 3.74. The summed E-state index contributed by atoms with van der Waals surface area (Å²) in [6, 6.07) is 8.47. The molecule has 0 amide bonds. The van der Waals surface area contributed by atoms with Gasteiger partial charge in [-0.3, -0.25) is 9.69 Å². The Morgan fingerprint density at radius 2 is 2.00 bits per heavy atom. The maximum absolute atomic E-state index is 11.5. The fourth-order valence-corrected chi connectivity index (χ4v) is 2.96. The zero-order chi connectivity index (χ0) is 13.8. The SMILES string of the molecule is CCN(CC)[C@H]1c2ccccc2C[C@H]1OC(=O)CCl.Cl. The van der Waals surface area contributed by atoms with Crippen LogP contribution in [0.5, 0.6) is 0 Å². The molecule has 0 heterocycles. The summed E-state index contributed by atoms with van der Waals surface area (Å²) in [5.74, 6) is -0.422. The molecule has 2 atom stereocenters. The standard InChI is InChI=1S/C15H20ClNO2.ClH/c1-3-17(4-2)15-12-8-6-5-7-11(12)9-13(15)19-14(18)10-16;/h5-8,13,15H,3-4,9-10H2,1-2H3;1H/t13-,15+;/m1./s1. The van der Waals surface area contributed by atoms with Crippen LogP contribution in [-0.2, 0) is 16.0 Å². The van der Waals surface area contributed by atoms with E-state index >= 15 is 0 Å². The van der Waals surface area contributed by atoms with Gasteiger partial charge in [0.2, 0.25) is 0 Å². The molecule has 0 unspecified atom stereocenters. The molecule has 0 saturated heterocycles. The van der Waals surface area contributed by atoms with Crippen LogP contribution >= 0.6 is 24.0 Å². The number of ether oxygens (including phenoxy) is 1. The molecule has 0 bridgehead atoms. The first-order valence-electron chi connectivity index (χ1n) is 6.78. The first-order valence-corrected chi connectivity index (χ1v) is 7.32. The van der Waals surface area contributed by atoms with Crippen molar-refractivity contribution >= 4 is 30.0 Å². The maximum atomic E-state index is 11.5. The maximum Gasteiger partial charge on any atom is 0.321 e. The highest BCUT2D eigenvalue weighted by Gasteiger charge is 2.37. The molecule has 0 aromatic heterocycles. The summed E-state index contributed by atoms with van der Waals surface area (Å²) >= 11 is 5.55. The van der Waals surface area contributed by atoms with Gasteiger partial charge in [0, 0.05) is 6.42 Å². The van der Waals surface area contributed by atoms with Crippen molar-refractivity contribution in [3.63, 3.8) is 0 Å². The molecule has 0 N–H and O–H groups in total. The normalized spacial score (nSPS) is 20.4. The summed E-state index contributed by atoms with van der Waals surface area (Å²) in [4.78, 5) is 13.8. The molecule has 0 radical (unpaired) electrons. The molecular formula is C15H21Cl2NO2. The minimum absolute atomic E-state index is 0. The fraction of sp³-hybridized carbons (Fsp3) is 0.533. The van der Waals surface area contributed by atoms with Crippen LogP contribution < -0.4 is 0 Å². The molecule has 1 aromatic carbocycles. The number of hydrogen-bond donors (Lipinski definition) is 0. The third kappa shape index (κ3) is 3.46. The smallest absolute Gasteiger partial charge is 0.321 e. The highest BCUT2D eigenvalue weighted by molar-refractivity contribution is 6.26. The number of nitrogens with zero attached hydrogens (tertiary/aromatic N) is 1. The lowest BCUT2D eigenvalue weighted by Gasteiger charge is -2.31. The topological polar surface area (TPSA) is 29.5 Å². The van der Waals surface area contributed by atoms with Crippen LogP contribution in [0.3, 0.4) is 0 Å². The van der Waals surface area contributed by atoms with Gasteiger partial charge < -0.3 is 4.74 Å². The van der Waals surface area contributed by atoms with Crippen molar-refractivity contribution in [1.82, 2.24) is 4.90 Å². The van der Waals surface area contributed by atoms with E-state index in [4.69, 9.17) is 16.3 Å². The van der Waals surface area contributed by atoms with Gasteiger partial charge in [0.15, 0.2) is 0 Å². The molecular weight excluding hydrogens is 297 g/mol. The number of fused-ring (bicyclic) bond motifs is 1. The Hall–Kier alpha value is -0.770. The third-order valence-corrected chi connectivity index (χ3v) is 3.96. The van der Waals surface area contributed by atoms with Gasteiger partial charge in [0.05, 0.1) is 6.04 Å². The van der Waals surface area contributed by atoms with E-state index in [0.717, 1.165) is 19.5 Å². The molecule has 5 heteroatoms. The molecule has 2 rings (SSSR count). The Kier molecular flexibility index (Phi) is 6.80. The summed E-state index contributed by atoms with van der Waals surface area (Å²) in [5, 5.41) is 0. The van der Waals surface area contributed by atoms with Crippen molar-refractivity contribution in [1.29, 1.82) is 0 Å². The number of esters is 1. The first kappa shape index (κ1) is 17.3. The average molecular weight is 318 g/mol. The van der Waals surface area contributed by atoms with Crippen LogP contribution in [0.1, 0.15) is 31.0 Å². The zero-order valence-corrected chi connectivity index (χ0v) is 13.4. The second-order valence-corrected chi connectivity index (χ2v) is 5.00. The van der Waals surface area contributed by atoms with E-state index in [0.29, 0.717) is 0 Å². The van der Waals surface area contributed by atoms with Crippen LogP contribution in [0, 0.1) is 0 Å². The number of likely N-dealkylation sites (N-methyl/N-ethyl adjacent to an activating group) is 1. The van der Waals surface area contributed by atoms with Crippen molar-refractivity contribution in [3.05, 3.63) is 35.4 Å². The molecule has 3 nitrogen and oxygen atoms in total. The Morgan fingerprint density at radius 1 is 1.35 bits per heavy atom. The lowest BCUT2D eigenvalue weighted by Crippen LogP contribution is -2.36. The quantitative estimate of drug-likeness (QED) is 0.617. The van der Waals surface area contributed by atoms with E-state index in [2.05, 4.69) is 30.9 Å². The van der Waals surface area contributed by atoms with E-state index < -0.39 is 0 Å². The number of halogens is 2. The summed E-state index contributed by atoms with van der Waals surface area (Å²) in [6.07, 6.45) is 0.656. The van der Waals surface area contributed by atoms with Gasteiger partial charge in [0.25, 0.3) is 0 Å². The van der Waals surface area contributed by atoms with Crippen LogP contribution in [0.2, 0.25) is 0 Å². The number of alkyl halides is 1. The van der Waals surface area contributed by atoms with Gasteiger partial charge >= 0.3 is 5.97 Å². The van der Waals surface area contributed by atoms with E-state index in [1.54, 1.807) is 0 Å². The van der Waals surface area contributed by atoms with Gasteiger partial charge in [-0.05, 0) is 24.2 Å². The average Bonchev–Trinajstić information content (AvgIpc) is 2.79. The van der Waals surface area contributed by atoms with Crippen molar-refractivity contribution < 1.29 is 9.53 Å². The Bertz CT molecular complexity index is 449. The molecule has 112 valence electrons. The van der Waals surface area contributed by atoms with Crippen molar-refractivity contribution in [2.75, 3.05) is 19.0 Å². The minimum atomic E-state index is -0.336. The van der Waals surface area contributed by atoms with Gasteiger partial charge in [-0.15, -0.1) is 24.0 Å². The molecule has 0 spiro atoms. The fourth-order valence-electron chi connectivity index (χ4n) is 2.89. The van der Waals surface area contributed by atoms with Crippen molar-refractivity contribution in [3.8, 4) is 0 Å². The predicted molar refractivity (Wildman–Crippen MR) is 83.7 cm³/mol. The molecule has 20 heavy (non-hydrogen) atoms. The van der Waals surface area contributed by atoms with Crippen LogP contribution in [0.15, 0.2) is 24.3 Å². The number of carbonyl (C=O) groups excluding carboxylic acids is 1. The lowest BCUT2D eigenvalue weighted by atomic mass is 10.1. The molecule has 0 aliphatic heterocycles. The van der Waals surface area contributed by atoms with E-state index in [9.17, 15) is 4.79 Å². The Labute approximate surface area is 131 Å². The molecule has 1 aliphatic carbocycles. The number of carbonyl (C=O) groups is 1. The zero-order valence-electron chi connectivity index (χ0n) is 11.8. The summed E-state index contributed by atoms with van der Waals surface area (Å²) in [7, 11) is 0. The molecule has 1 aromatic rings. The number of rotatable bonds is 5. The number of hydrogen-bond acceptors (Lipinski definition) is 3. The lowest BCUT2D eigenvalue weighted by molar-refractivity contribution is -0.148. The largest absolute Gasteiger partial charge is 0.459 e. The van der Waals surface area contributed by atoms with Crippen LogP contribution in [0.4, 0.5) is 0 Å². The monoisotopic (exact) mass is 317 g/mol. The second-order valence-electron chi connectivity index (χ2n) is 4.73. The van der Waals surface area contributed by atoms with Crippen molar-refractivity contribution in [2.24, 2.45) is 0 Å². The minimum Gasteiger partial charge on any atom is -0.459 e. The van der Waals surface area contributed by atoms with Crippen LogP contribution in [0.25, 0.3) is 0 Å².